The van der Waals surface area contributed by atoms with Crippen LogP contribution in [0.4, 0.5) is 0 Å². The number of Topliss-reactive ketones (excluding diaryl/α,β-unsaturated/α-hetero) is 2. The standard InChI is InChI=1S/C20H22O5S/c1-20(2)19(26(23,24)12-8-4-3-5-9-12)15-17(22)16(21)13-10-6-7-11-14(13)18(15)25-20/h6-7,10-12,19H,3-5,8-9H2,1-2H3. The van der Waals surface area contributed by atoms with Gasteiger partial charge < -0.3 is 4.74 Å². The number of sulfone groups is 1. The molecule has 1 saturated carbocycles. The minimum atomic E-state index is -3.65. The van der Waals surface area contributed by atoms with E-state index in [1.807, 2.05) is 0 Å². The lowest BCUT2D eigenvalue weighted by Crippen LogP contribution is -2.47. The maximum atomic E-state index is 13.4. The van der Waals surface area contributed by atoms with Crippen molar-refractivity contribution in [3.63, 3.8) is 0 Å². The summed E-state index contributed by atoms with van der Waals surface area (Å²) in [5.41, 5.74) is -0.262. The van der Waals surface area contributed by atoms with Crippen molar-refractivity contribution in [2.24, 2.45) is 0 Å². The van der Waals surface area contributed by atoms with Crippen LogP contribution in [0.5, 0.6) is 0 Å². The first-order chi connectivity index (χ1) is 12.2. The minimum absolute atomic E-state index is 0.0317. The molecular weight excluding hydrogens is 352 g/mol. The first-order valence-corrected chi connectivity index (χ1v) is 10.7. The predicted molar refractivity (Wildman–Crippen MR) is 97.4 cm³/mol. The molecule has 0 amide bonds. The lowest BCUT2D eigenvalue weighted by molar-refractivity contribution is -0.112. The smallest absolute Gasteiger partial charge is 0.234 e. The molecule has 2 aliphatic carbocycles. The fourth-order valence-corrected chi connectivity index (χ4v) is 7.29. The topological polar surface area (TPSA) is 77.5 Å². The van der Waals surface area contributed by atoms with Crippen LogP contribution in [0.25, 0.3) is 5.76 Å². The second kappa shape index (κ2) is 5.78. The van der Waals surface area contributed by atoms with Gasteiger partial charge >= 0.3 is 0 Å². The summed E-state index contributed by atoms with van der Waals surface area (Å²) in [7, 11) is -3.65. The van der Waals surface area contributed by atoms with E-state index in [-0.39, 0.29) is 16.9 Å². The lowest BCUT2D eigenvalue weighted by atomic mass is 9.86. The lowest BCUT2D eigenvalue weighted by Gasteiger charge is -2.32. The van der Waals surface area contributed by atoms with E-state index in [1.165, 1.54) is 0 Å². The molecule has 0 aromatic heterocycles. The van der Waals surface area contributed by atoms with E-state index in [0.29, 0.717) is 18.4 Å². The number of benzene rings is 1. The van der Waals surface area contributed by atoms with Crippen LogP contribution in [0.1, 0.15) is 61.9 Å². The zero-order chi connectivity index (χ0) is 18.7. The van der Waals surface area contributed by atoms with Gasteiger partial charge in [0.25, 0.3) is 0 Å². The second-order valence-corrected chi connectivity index (χ2v) is 10.2. The van der Waals surface area contributed by atoms with Gasteiger partial charge in [0.15, 0.2) is 9.84 Å². The van der Waals surface area contributed by atoms with Crippen LogP contribution in [0.15, 0.2) is 29.8 Å². The first-order valence-electron chi connectivity index (χ1n) is 9.09. The molecule has 1 fully saturated rings. The van der Waals surface area contributed by atoms with Crippen LogP contribution in [0, 0.1) is 0 Å². The Labute approximate surface area is 153 Å². The van der Waals surface area contributed by atoms with Crippen molar-refractivity contribution in [1.82, 2.24) is 0 Å². The number of ketones is 2. The molecule has 1 heterocycles. The maximum Gasteiger partial charge on any atom is 0.234 e. The van der Waals surface area contributed by atoms with Crippen molar-refractivity contribution in [3.05, 3.63) is 41.0 Å². The normalized spacial score (nSPS) is 25.7. The molecule has 0 saturated heterocycles. The molecule has 138 valence electrons. The van der Waals surface area contributed by atoms with Crippen LogP contribution >= 0.6 is 0 Å². The number of ether oxygens (including phenoxy) is 1. The Morgan fingerprint density at radius 1 is 0.962 bits per heavy atom. The Morgan fingerprint density at radius 3 is 2.23 bits per heavy atom. The van der Waals surface area contributed by atoms with Crippen LogP contribution < -0.4 is 0 Å². The van der Waals surface area contributed by atoms with Crippen molar-refractivity contribution in [1.29, 1.82) is 0 Å². The van der Waals surface area contributed by atoms with Crippen molar-refractivity contribution in [2.75, 3.05) is 0 Å². The van der Waals surface area contributed by atoms with E-state index in [4.69, 9.17) is 4.74 Å². The highest BCUT2D eigenvalue weighted by Gasteiger charge is 2.57. The van der Waals surface area contributed by atoms with E-state index in [1.54, 1.807) is 38.1 Å². The van der Waals surface area contributed by atoms with Crippen LogP contribution in [-0.2, 0) is 19.4 Å². The van der Waals surface area contributed by atoms with E-state index >= 15 is 0 Å². The molecule has 26 heavy (non-hydrogen) atoms. The molecule has 4 rings (SSSR count). The highest BCUT2D eigenvalue weighted by Crippen LogP contribution is 2.48. The average Bonchev–Trinajstić information content (AvgIpc) is 2.92. The summed E-state index contributed by atoms with van der Waals surface area (Å²) in [6, 6.07) is 6.73. The maximum absolute atomic E-state index is 13.4. The Kier molecular flexibility index (Phi) is 3.88. The summed E-state index contributed by atoms with van der Waals surface area (Å²) in [5, 5.41) is -1.58. The van der Waals surface area contributed by atoms with Gasteiger partial charge in [-0.25, -0.2) is 8.42 Å². The fraction of sp³-hybridized carbons (Fsp3) is 0.500. The van der Waals surface area contributed by atoms with E-state index in [2.05, 4.69) is 0 Å². The average molecular weight is 374 g/mol. The summed E-state index contributed by atoms with van der Waals surface area (Å²) >= 11 is 0. The molecule has 1 aliphatic heterocycles. The SMILES string of the molecule is CC1(C)OC2=C(C(=O)C(=O)c3ccccc32)C1S(=O)(=O)C1CCCCC1. The third-order valence-electron chi connectivity index (χ3n) is 5.72. The van der Waals surface area contributed by atoms with E-state index in [0.717, 1.165) is 19.3 Å². The van der Waals surface area contributed by atoms with E-state index in [9.17, 15) is 18.0 Å². The van der Waals surface area contributed by atoms with Gasteiger partial charge in [0.2, 0.25) is 11.6 Å². The summed E-state index contributed by atoms with van der Waals surface area (Å²) < 4.78 is 32.9. The van der Waals surface area contributed by atoms with Gasteiger partial charge in [-0.15, -0.1) is 0 Å². The van der Waals surface area contributed by atoms with Gasteiger partial charge in [0, 0.05) is 11.1 Å². The number of carbonyl (C=O) groups excluding carboxylic acids is 2. The third kappa shape index (κ3) is 2.38. The Bertz CT molecular complexity index is 933. The van der Waals surface area contributed by atoms with Crippen molar-refractivity contribution >= 4 is 27.2 Å². The van der Waals surface area contributed by atoms with Gasteiger partial charge in [0.1, 0.15) is 16.6 Å². The number of hydrogen-bond donors (Lipinski definition) is 0. The third-order valence-corrected chi connectivity index (χ3v) is 8.58. The predicted octanol–water partition coefficient (Wildman–Crippen LogP) is 3.09. The van der Waals surface area contributed by atoms with Crippen molar-refractivity contribution < 1.29 is 22.7 Å². The first kappa shape index (κ1) is 17.5. The zero-order valence-electron chi connectivity index (χ0n) is 14.9. The Morgan fingerprint density at radius 2 is 1.58 bits per heavy atom. The summed E-state index contributed by atoms with van der Waals surface area (Å²) in [6.45, 7) is 3.38. The number of rotatable bonds is 2. The van der Waals surface area contributed by atoms with Crippen molar-refractivity contribution in [3.8, 4) is 0 Å². The molecule has 3 aliphatic rings. The summed E-state index contributed by atoms with van der Waals surface area (Å²) in [4.78, 5) is 25.4. The van der Waals surface area contributed by atoms with Gasteiger partial charge in [-0.05, 0) is 26.7 Å². The fourth-order valence-electron chi connectivity index (χ4n) is 4.53. The molecule has 0 N–H and O–H groups in total. The van der Waals surface area contributed by atoms with Crippen LogP contribution in [0.3, 0.4) is 0 Å². The number of fused-ring (bicyclic) bond motifs is 2. The molecule has 1 aromatic rings. The largest absolute Gasteiger partial charge is 0.485 e. The molecule has 1 aromatic carbocycles. The monoisotopic (exact) mass is 374 g/mol. The van der Waals surface area contributed by atoms with Gasteiger partial charge in [0.05, 0.1) is 10.8 Å². The van der Waals surface area contributed by atoms with Crippen molar-refractivity contribution in [2.45, 2.75) is 62.1 Å². The summed E-state index contributed by atoms with van der Waals surface area (Å²) in [6.07, 6.45) is 4.00. The molecule has 0 spiro atoms. The molecule has 1 atom stereocenters. The van der Waals surface area contributed by atoms with Gasteiger partial charge in [-0.3, -0.25) is 9.59 Å². The van der Waals surface area contributed by atoms with Gasteiger partial charge in [-0.1, -0.05) is 43.5 Å². The minimum Gasteiger partial charge on any atom is -0.485 e. The zero-order valence-corrected chi connectivity index (χ0v) is 15.8. The quantitative estimate of drug-likeness (QED) is 0.744. The van der Waals surface area contributed by atoms with Crippen LogP contribution in [-0.4, -0.2) is 36.1 Å². The molecular formula is C20H22O5S. The van der Waals surface area contributed by atoms with E-state index < -0.39 is 37.5 Å². The second-order valence-electron chi connectivity index (χ2n) is 7.88. The number of carbonyl (C=O) groups is 2. The highest BCUT2D eigenvalue weighted by atomic mass is 32.2. The molecule has 5 nitrogen and oxygen atoms in total. The molecule has 0 bridgehead atoms. The summed E-state index contributed by atoms with van der Waals surface area (Å²) in [5.74, 6) is -1.13. The number of hydrogen-bond acceptors (Lipinski definition) is 5. The molecule has 1 unspecified atom stereocenters. The Hall–Kier alpha value is -1.95. The highest BCUT2D eigenvalue weighted by molar-refractivity contribution is 7.93. The molecule has 0 radical (unpaired) electrons. The Balaban J connectivity index is 1.89. The van der Waals surface area contributed by atoms with Crippen LogP contribution in [0.2, 0.25) is 0 Å². The molecule has 6 heteroatoms. The van der Waals surface area contributed by atoms with Gasteiger partial charge in [-0.2, -0.15) is 0 Å².